The molecule has 1 aliphatic carbocycles. The predicted octanol–water partition coefficient (Wildman–Crippen LogP) is 5.59. The summed E-state index contributed by atoms with van der Waals surface area (Å²) in [4.78, 5) is 25.7. The van der Waals surface area contributed by atoms with Gasteiger partial charge in [0.25, 0.3) is 5.91 Å². The SMILES string of the molecule is CC1(C)O[C@H](CO)[C@@H](CCn2cc(C(=O)COc3cc4ccc(Cl)cc4cc3C(N)=O)c3ccc(C4CC4)cc32)O1. The third kappa shape index (κ3) is 5.70. The summed E-state index contributed by atoms with van der Waals surface area (Å²) in [6.45, 7) is 3.88. The molecule has 2 fully saturated rings. The number of Topliss-reactive ketones (excluding diaryl/α,β-unsaturated/α-hetero) is 1. The Morgan fingerprint density at radius 3 is 2.56 bits per heavy atom. The van der Waals surface area contributed by atoms with Crippen LogP contribution in [0.15, 0.2) is 54.7 Å². The van der Waals surface area contributed by atoms with Crippen LogP contribution in [0.25, 0.3) is 21.7 Å². The lowest BCUT2D eigenvalue weighted by atomic mass is 10.0. The van der Waals surface area contributed by atoms with E-state index in [0.29, 0.717) is 29.5 Å². The summed E-state index contributed by atoms with van der Waals surface area (Å²) in [7, 11) is 0. The molecule has 3 aromatic carbocycles. The summed E-state index contributed by atoms with van der Waals surface area (Å²) in [5.74, 6) is -0.814. The van der Waals surface area contributed by atoms with Gasteiger partial charge in [0.05, 0.1) is 18.3 Å². The average molecular weight is 577 g/mol. The molecule has 6 rings (SSSR count). The molecule has 4 aromatic rings. The average Bonchev–Trinajstić information content (AvgIpc) is 3.66. The Morgan fingerprint density at radius 2 is 1.83 bits per heavy atom. The van der Waals surface area contributed by atoms with Crippen LogP contribution in [-0.4, -0.2) is 52.6 Å². The lowest BCUT2D eigenvalue weighted by molar-refractivity contribution is -0.149. The zero-order chi connectivity index (χ0) is 28.9. The standard InChI is InChI=1S/C32H33ClN2O6/c1-32(2)40-28(30(16-36)41-32)9-10-35-15-25(23-8-6-19(13-26(23)35)18-3-4-18)27(37)17-39-29-14-20-5-7-22(33)11-21(20)12-24(29)31(34)38/h5-8,11-15,18,28,30,36H,3-4,9-10,16-17H2,1-2H3,(H2,34,38)/t28-,30-/m1/s1. The van der Waals surface area contributed by atoms with Crippen LogP contribution in [0.3, 0.4) is 0 Å². The number of carbonyl (C=O) groups excluding carboxylic acids is 2. The number of fused-ring (bicyclic) bond motifs is 2. The molecule has 1 aliphatic heterocycles. The van der Waals surface area contributed by atoms with E-state index in [2.05, 4.69) is 16.7 Å². The van der Waals surface area contributed by atoms with Crippen molar-refractivity contribution in [2.75, 3.05) is 13.2 Å². The number of aliphatic hydroxyl groups is 1. The molecule has 1 aromatic heterocycles. The van der Waals surface area contributed by atoms with Crippen LogP contribution in [0.4, 0.5) is 0 Å². The minimum Gasteiger partial charge on any atom is -0.485 e. The van der Waals surface area contributed by atoms with Gasteiger partial charge in [-0.3, -0.25) is 9.59 Å². The van der Waals surface area contributed by atoms with E-state index in [1.807, 2.05) is 32.2 Å². The maximum absolute atomic E-state index is 13.6. The van der Waals surface area contributed by atoms with Crippen LogP contribution in [0.2, 0.25) is 5.02 Å². The van der Waals surface area contributed by atoms with Gasteiger partial charge in [-0.15, -0.1) is 0 Å². The van der Waals surface area contributed by atoms with Crippen LogP contribution < -0.4 is 10.5 Å². The number of amides is 1. The largest absolute Gasteiger partial charge is 0.485 e. The fraction of sp³-hybridized carbons (Fsp3) is 0.375. The van der Waals surface area contributed by atoms with Crippen molar-refractivity contribution in [1.29, 1.82) is 0 Å². The van der Waals surface area contributed by atoms with Crippen molar-refractivity contribution < 1.29 is 28.9 Å². The fourth-order valence-electron chi connectivity index (χ4n) is 5.74. The molecule has 1 amide bonds. The van der Waals surface area contributed by atoms with E-state index >= 15 is 0 Å². The second kappa shape index (κ2) is 10.8. The molecule has 0 radical (unpaired) electrons. The zero-order valence-electron chi connectivity index (χ0n) is 23.1. The minimum atomic E-state index is -0.757. The monoisotopic (exact) mass is 576 g/mol. The lowest BCUT2D eigenvalue weighted by Gasteiger charge is -2.17. The number of aliphatic hydroxyl groups excluding tert-OH is 1. The number of halogens is 1. The molecular weight excluding hydrogens is 544 g/mol. The zero-order valence-corrected chi connectivity index (χ0v) is 23.8. The fourth-order valence-corrected chi connectivity index (χ4v) is 5.92. The Labute approximate surface area is 242 Å². The Bertz CT molecular complexity index is 1660. The van der Waals surface area contributed by atoms with Gasteiger partial charge in [0.1, 0.15) is 11.9 Å². The summed E-state index contributed by atoms with van der Waals surface area (Å²) in [6.07, 6.45) is 4.15. The topological polar surface area (TPSA) is 113 Å². The molecule has 214 valence electrons. The molecule has 2 heterocycles. The first-order chi connectivity index (χ1) is 19.6. The molecule has 1 saturated heterocycles. The highest BCUT2D eigenvalue weighted by Gasteiger charge is 2.40. The number of ether oxygens (including phenoxy) is 3. The van der Waals surface area contributed by atoms with Crippen molar-refractivity contribution in [3.8, 4) is 5.75 Å². The third-order valence-electron chi connectivity index (χ3n) is 7.90. The van der Waals surface area contributed by atoms with Crippen molar-refractivity contribution in [3.63, 3.8) is 0 Å². The predicted molar refractivity (Wildman–Crippen MR) is 157 cm³/mol. The van der Waals surface area contributed by atoms with E-state index in [1.54, 1.807) is 24.3 Å². The molecule has 41 heavy (non-hydrogen) atoms. The van der Waals surface area contributed by atoms with Gasteiger partial charge in [-0.1, -0.05) is 29.8 Å². The van der Waals surface area contributed by atoms with E-state index in [9.17, 15) is 14.7 Å². The molecule has 8 nitrogen and oxygen atoms in total. The molecule has 1 saturated carbocycles. The van der Waals surface area contributed by atoms with Gasteiger partial charge < -0.3 is 29.6 Å². The van der Waals surface area contributed by atoms with Crippen molar-refractivity contribution in [2.24, 2.45) is 5.73 Å². The van der Waals surface area contributed by atoms with Crippen LogP contribution in [0.1, 0.15) is 65.3 Å². The Balaban J connectivity index is 1.27. The number of benzene rings is 3. The molecular formula is C32H33ClN2O6. The van der Waals surface area contributed by atoms with Crippen molar-refractivity contribution in [3.05, 3.63) is 76.4 Å². The lowest BCUT2D eigenvalue weighted by Crippen LogP contribution is -2.27. The van der Waals surface area contributed by atoms with E-state index in [-0.39, 0.29) is 36.4 Å². The highest BCUT2D eigenvalue weighted by atomic mass is 35.5. The highest BCUT2D eigenvalue weighted by Crippen LogP contribution is 2.41. The molecule has 2 aliphatic rings. The van der Waals surface area contributed by atoms with E-state index in [1.165, 1.54) is 18.4 Å². The number of aromatic nitrogens is 1. The van der Waals surface area contributed by atoms with Crippen molar-refractivity contribution in [2.45, 2.75) is 63.6 Å². The summed E-state index contributed by atoms with van der Waals surface area (Å²) in [5, 5.41) is 12.7. The Morgan fingerprint density at radius 1 is 1.05 bits per heavy atom. The first-order valence-corrected chi connectivity index (χ1v) is 14.3. The summed E-state index contributed by atoms with van der Waals surface area (Å²) in [5.41, 5.74) is 8.59. The molecule has 9 heteroatoms. The molecule has 0 bridgehead atoms. The second-order valence-electron chi connectivity index (χ2n) is 11.4. The summed E-state index contributed by atoms with van der Waals surface area (Å²) in [6, 6.07) is 14.9. The van der Waals surface area contributed by atoms with Crippen LogP contribution in [0, 0.1) is 0 Å². The number of nitrogens with two attached hydrogens (primary N) is 1. The molecule has 3 N–H and O–H groups in total. The van der Waals surface area contributed by atoms with Crippen molar-refractivity contribution in [1.82, 2.24) is 4.57 Å². The maximum Gasteiger partial charge on any atom is 0.252 e. The van der Waals surface area contributed by atoms with Crippen molar-refractivity contribution >= 4 is 45.0 Å². The van der Waals surface area contributed by atoms with E-state index < -0.39 is 17.8 Å². The quantitative estimate of drug-likeness (QED) is 0.238. The number of carbonyl (C=O) groups is 2. The van der Waals surface area contributed by atoms with Gasteiger partial charge in [-0.05, 0) is 85.7 Å². The van der Waals surface area contributed by atoms with Gasteiger partial charge in [-0.2, -0.15) is 0 Å². The second-order valence-corrected chi connectivity index (χ2v) is 11.8. The van der Waals surface area contributed by atoms with Crippen LogP contribution in [-0.2, 0) is 16.0 Å². The summed E-state index contributed by atoms with van der Waals surface area (Å²) < 4.78 is 19.9. The number of aryl methyl sites for hydroxylation is 1. The normalized spacial score (nSPS) is 20.1. The number of hydrogen-bond acceptors (Lipinski definition) is 6. The van der Waals surface area contributed by atoms with Gasteiger partial charge in [0.2, 0.25) is 5.78 Å². The third-order valence-corrected chi connectivity index (χ3v) is 8.14. The highest BCUT2D eigenvalue weighted by molar-refractivity contribution is 6.31. The summed E-state index contributed by atoms with van der Waals surface area (Å²) >= 11 is 6.11. The van der Waals surface area contributed by atoms with Crippen LogP contribution >= 0.6 is 11.6 Å². The molecule has 0 unspecified atom stereocenters. The Hall–Kier alpha value is -3.43. The van der Waals surface area contributed by atoms with Gasteiger partial charge in [0.15, 0.2) is 12.4 Å². The first-order valence-electron chi connectivity index (χ1n) is 13.9. The number of nitrogens with zero attached hydrogens (tertiary/aromatic N) is 1. The number of ketones is 1. The van der Waals surface area contributed by atoms with Gasteiger partial charge in [-0.25, -0.2) is 0 Å². The van der Waals surface area contributed by atoms with Crippen LogP contribution in [0.5, 0.6) is 5.75 Å². The maximum atomic E-state index is 13.6. The number of primary amides is 1. The molecule has 2 atom stereocenters. The first kappa shape index (κ1) is 27.7. The minimum absolute atomic E-state index is 0.122. The Kier molecular flexibility index (Phi) is 7.28. The number of hydrogen-bond donors (Lipinski definition) is 2. The molecule has 0 spiro atoms. The van der Waals surface area contributed by atoms with Gasteiger partial charge in [0, 0.05) is 34.2 Å². The van der Waals surface area contributed by atoms with E-state index in [0.717, 1.165) is 21.7 Å². The van der Waals surface area contributed by atoms with E-state index in [4.69, 9.17) is 31.5 Å². The van der Waals surface area contributed by atoms with Gasteiger partial charge >= 0.3 is 0 Å². The number of rotatable bonds is 10. The smallest absolute Gasteiger partial charge is 0.252 e.